The molecule has 0 saturated carbocycles. The van der Waals surface area contributed by atoms with Crippen LogP contribution in [0.25, 0.3) is 10.8 Å². The second kappa shape index (κ2) is 4.70. The van der Waals surface area contributed by atoms with Gasteiger partial charge in [-0.3, -0.25) is 0 Å². The number of hydrogen-bond donors (Lipinski definition) is 0. The SMILES string of the molecule is Cc1cc2c(c3ccccc13)CCC(C)CC2Br. The number of aryl methyl sites for hydroxylation is 2. The van der Waals surface area contributed by atoms with Crippen LogP contribution >= 0.6 is 15.9 Å². The van der Waals surface area contributed by atoms with Crippen LogP contribution in [0.15, 0.2) is 30.3 Å². The van der Waals surface area contributed by atoms with Crippen LogP contribution in [0.1, 0.15) is 41.3 Å². The molecule has 0 amide bonds. The summed E-state index contributed by atoms with van der Waals surface area (Å²) in [5, 5.41) is 2.89. The zero-order valence-electron chi connectivity index (χ0n) is 11.0. The van der Waals surface area contributed by atoms with E-state index in [4.69, 9.17) is 0 Å². The van der Waals surface area contributed by atoms with Gasteiger partial charge >= 0.3 is 0 Å². The van der Waals surface area contributed by atoms with Gasteiger partial charge in [-0.25, -0.2) is 0 Å². The molecule has 1 aliphatic carbocycles. The molecule has 2 unspecified atom stereocenters. The van der Waals surface area contributed by atoms with Gasteiger partial charge in [0.2, 0.25) is 0 Å². The Balaban J connectivity index is 2.28. The number of halogens is 1. The summed E-state index contributed by atoms with van der Waals surface area (Å²) < 4.78 is 0. The first kappa shape index (κ1) is 12.2. The predicted octanol–water partition coefficient (Wildman–Crippen LogP) is 5.56. The molecule has 1 aliphatic rings. The van der Waals surface area contributed by atoms with Crippen molar-refractivity contribution in [1.29, 1.82) is 0 Å². The predicted molar refractivity (Wildman–Crippen MR) is 82.5 cm³/mol. The minimum absolute atomic E-state index is 0.522. The van der Waals surface area contributed by atoms with Crippen LogP contribution in [0.5, 0.6) is 0 Å². The van der Waals surface area contributed by atoms with Gasteiger partial charge in [-0.2, -0.15) is 0 Å². The van der Waals surface area contributed by atoms with E-state index in [1.54, 1.807) is 5.56 Å². The summed E-state index contributed by atoms with van der Waals surface area (Å²) in [6.07, 6.45) is 3.78. The molecule has 18 heavy (non-hydrogen) atoms. The van der Waals surface area contributed by atoms with Crippen molar-refractivity contribution >= 4 is 26.7 Å². The van der Waals surface area contributed by atoms with Crippen molar-refractivity contribution in [2.24, 2.45) is 5.92 Å². The van der Waals surface area contributed by atoms with Crippen LogP contribution in [0.3, 0.4) is 0 Å². The van der Waals surface area contributed by atoms with Crippen LogP contribution < -0.4 is 0 Å². The molecule has 94 valence electrons. The topological polar surface area (TPSA) is 0 Å². The maximum Gasteiger partial charge on any atom is 0.0400 e. The zero-order chi connectivity index (χ0) is 12.7. The van der Waals surface area contributed by atoms with E-state index in [2.05, 4.69) is 60.1 Å². The zero-order valence-corrected chi connectivity index (χ0v) is 12.6. The second-order valence-electron chi connectivity index (χ2n) is 5.65. The van der Waals surface area contributed by atoms with Gasteiger partial charge in [0.05, 0.1) is 0 Å². The Bertz CT molecular complexity index is 585. The van der Waals surface area contributed by atoms with E-state index in [0.29, 0.717) is 4.83 Å². The fourth-order valence-electron chi connectivity index (χ4n) is 3.19. The monoisotopic (exact) mass is 302 g/mol. The summed E-state index contributed by atoms with van der Waals surface area (Å²) in [5.41, 5.74) is 4.50. The summed E-state index contributed by atoms with van der Waals surface area (Å²) in [5.74, 6) is 0.806. The van der Waals surface area contributed by atoms with E-state index in [9.17, 15) is 0 Å². The van der Waals surface area contributed by atoms with Crippen LogP contribution in [0.2, 0.25) is 0 Å². The average molecular weight is 303 g/mol. The van der Waals surface area contributed by atoms with Crippen molar-refractivity contribution in [2.45, 2.75) is 37.9 Å². The molecule has 2 aromatic carbocycles. The number of benzene rings is 2. The summed E-state index contributed by atoms with van der Waals surface area (Å²) in [6, 6.07) is 11.3. The summed E-state index contributed by atoms with van der Waals surface area (Å²) in [6.45, 7) is 4.60. The van der Waals surface area contributed by atoms with E-state index >= 15 is 0 Å². The highest BCUT2D eigenvalue weighted by Gasteiger charge is 2.22. The first-order valence-electron chi connectivity index (χ1n) is 6.82. The van der Waals surface area contributed by atoms with Crippen LogP contribution in [-0.2, 0) is 6.42 Å². The molecule has 0 saturated heterocycles. The van der Waals surface area contributed by atoms with E-state index in [1.165, 1.54) is 41.2 Å². The summed E-state index contributed by atoms with van der Waals surface area (Å²) >= 11 is 3.90. The van der Waals surface area contributed by atoms with E-state index in [0.717, 1.165) is 5.92 Å². The van der Waals surface area contributed by atoms with Gasteiger partial charge < -0.3 is 0 Å². The standard InChI is InChI=1S/C17H19Br/c1-11-7-8-15-14-6-4-3-5-13(14)12(2)10-16(15)17(18)9-11/h3-6,10-11,17H,7-9H2,1-2H3. The molecule has 1 heteroatoms. The molecule has 0 radical (unpaired) electrons. The Morgan fingerprint density at radius 1 is 1.17 bits per heavy atom. The fourth-order valence-corrected chi connectivity index (χ4v) is 4.24. The quantitative estimate of drug-likeness (QED) is 0.442. The lowest BCUT2D eigenvalue weighted by atomic mass is 9.92. The molecular formula is C17H19Br. The molecule has 0 heterocycles. The van der Waals surface area contributed by atoms with Crippen LogP contribution in [-0.4, -0.2) is 0 Å². The van der Waals surface area contributed by atoms with Gasteiger partial charge in [0, 0.05) is 4.83 Å². The first-order chi connectivity index (χ1) is 8.66. The number of hydrogen-bond acceptors (Lipinski definition) is 0. The fraction of sp³-hybridized carbons (Fsp3) is 0.412. The normalized spacial score (nSPS) is 23.7. The van der Waals surface area contributed by atoms with E-state index < -0.39 is 0 Å². The Labute approximate surface area is 118 Å². The molecule has 3 rings (SSSR count). The smallest absolute Gasteiger partial charge is 0.0400 e. The summed E-state index contributed by atoms with van der Waals surface area (Å²) in [7, 11) is 0. The van der Waals surface area contributed by atoms with E-state index in [-0.39, 0.29) is 0 Å². The second-order valence-corrected chi connectivity index (χ2v) is 6.76. The van der Waals surface area contributed by atoms with Gasteiger partial charge in [0.25, 0.3) is 0 Å². The lowest BCUT2D eigenvalue weighted by Gasteiger charge is -2.16. The molecule has 0 fully saturated rings. The van der Waals surface area contributed by atoms with Crippen molar-refractivity contribution in [2.75, 3.05) is 0 Å². The molecule has 0 nitrogen and oxygen atoms in total. The Morgan fingerprint density at radius 2 is 1.89 bits per heavy atom. The minimum atomic E-state index is 0.522. The van der Waals surface area contributed by atoms with Crippen molar-refractivity contribution in [1.82, 2.24) is 0 Å². The van der Waals surface area contributed by atoms with Crippen LogP contribution in [0, 0.1) is 12.8 Å². The van der Waals surface area contributed by atoms with Gasteiger partial charge in [0.15, 0.2) is 0 Å². The van der Waals surface area contributed by atoms with Gasteiger partial charge in [-0.15, -0.1) is 0 Å². The molecule has 2 atom stereocenters. The highest BCUT2D eigenvalue weighted by Crippen LogP contribution is 2.41. The third kappa shape index (κ3) is 1.99. The minimum Gasteiger partial charge on any atom is -0.0839 e. The molecule has 0 bridgehead atoms. The van der Waals surface area contributed by atoms with Gasteiger partial charge in [-0.05, 0) is 59.6 Å². The maximum absolute atomic E-state index is 3.90. The highest BCUT2D eigenvalue weighted by atomic mass is 79.9. The van der Waals surface area contributed by atoms with Gasteiger partial charge in [0.1, 0.15) is 0 Å². The third-order valence-electron chi connectivity index (χ3n) is 4.23. The third-order valence-corrected chi connectivity index (χ3v) is 5.10. The number of rotatable bonds is 0. The Morgan fingerprint density at radius 3 is 2.67 bits per heavy atom. The van der Waals surface area contributed by atoms with E-state index in [1.807, 2.05) is 0 Å². The van der Waals surface area contributed by atoms with Crippen molar-refractivity contribution in [3.05, 3.63) is 47.0 Å². The number of fused-ring (bicyclic) bond motifs is 3. The first-order valence-corrected chi connectivity index (χ1v) is 7.73. The molecular weight excluding hydrogens is 284 g/mol. The molecule has 0 aromatic heterocycles. The van der Waals surface area contributed by atoms with Crippen molar-refractivity contribution in [3.8, 4) is 0 Å². The molecule has 0 spiro atoms. The van der Waals surface area contributed by atoms with Crippen LogP contribution in [0.4, 0.5) is 0 Å². The van der Waals surface area contributed by atoms with Crippen molar-refractivity contribution in [3.63, 3.8) is 0 Å². The Hall–Kier alpha value is -0.820. The maximum atomic E-state index is 3.90. The average Bonchev–Trinajstić information content (AvgIpc) is 2.50. The van der Waals surface area contributed by atoms with Crippen molar-refractivity contribution < 1.29 is 0 Å². The molecule has 0 aliphatic heterocycles. The van der Waals surface area contributed by atoms with Gasteiger partial charge in [-0.1, -0.05) is 53.2 Å². The molecule has 0 N–H and O–H groups in total. The highest BCUT2D eigenvalue weighted by molar-refractivity contribution is 9.09. The number of alkyl halides is 1. The largest absolute Gasteiger partial charge is 0.0839 e. The lowest BCUT2D eigenvalue weighted by Crippen LogP contribution is -1.97. The lowest BCUT2D eigenvalue weighted by molar-refractivity contribution is 0.508. The summed E-state index contributed by atoms with van der Waals surface area (Å²) in [4.78, 5) is 0.522. The molecule has 2 aromatic rings. The Kier molecular flexibility index (Phi) is 3.19.